The van der Waals surface area contributed by atoms with Crippen LogP contribution >= 0.6 is 0 Å². The van der Waals surface area contributed by atoms with Gasteiger partial charge in [0.1, 0.15) is 12.4 Å². The topological polar surface area (TPSA) is 69.9 Å². The van der Waals surface area contributed by atoms with Crippen molar-refractivity contribution in [2.24, 2.45) is 0 Å². The second-order valence-corrected chi connectivity index (χ2v) is 6.60. The summed E-state index contributed by atoms with van der Waals surface area (Å²) in [7, 11) is 3.29. The smallest absolute Gasteiger partial charge is 0.252 e. The van der Waals surface area contributed by atoms with Crippen molar-refractivity contribution in [1.29, 1.82) is 0 Å². The summed E-state index contributed by atoms with van der Waals surface area (Å²) in [6.45, 7) is 3.28. The van der Waals surface area contributed by atoms with Crippen LogP contribution in [0.3, 0.4) is 0 Å². The highest BCUT2D eigenvalue weighted by atomic mass is 16.5. The number of hydrogen-bond donors (Lipinski definition) is 0. The highest BCUT2D eigenvalue weighted by Crippen LogP contribution is 2.28. The van der Waals surface area contributed by atoms with E-state index in [0.29, 0.717) is 31.5 Å². The van der Waals surface area contributed by atoms with Crippen molar-refractivity contribution in [3.05, 3.63) is 53.7 Å². The van der Waals surface area contributed by atoms with Gasteiger partial charge in [0.15, 0.2) is 5.82 Å². The minimum absolute atomic E-state index is 0.0237. The van der Waals surface area contributed by atoms with E-state index in [1.54, 1.807) is 14.2 Å². The normalized spacial score (nSPS) is 18.1. The molecule has 142 valence electrons. The van der Waals surface area contributed by atoms with Gasteiger partial charge in [-0.15, -0.1) is 0 Å². The molecular formula is C20H23N3O4. The predicted octanol–water partition coefficient (Wildman–Crippen LogP) is 2.95. The molecule has 0 spiro atoms. The third-order valence-electron chi connectivity index (χ3n) is 4.74. The minimum Gasteiger partial charge on any atom is -0.497 e. The van der Waals surface area contributed by atoms with Crippen molar-refractivity contribution in [3.8, 4) is 5.75 Å². The first-order valence-electron chi connectivity index (χ1n) is 8.97. The van der Waals surface area contributed by atoms with Crippen LogP contribution in [0.2, 0.25) is 0 Å². The Balaban J connectivity index is 1.46. The second kappa shape index (κ2) is 8.04. The monoisotopic (exact) mass is 369 g/mol. The number of fused-ring (bicyclic) bond motifs is 1. The van der Waals surface area contributed by atoms with Crippen LogP contribution in [0.25, 0.3) is 10.8 Å². The maximum atomic E-state index is 6.02. The van der Waals surface area contributed by atoms with Crippen molar-refractivity contribution in [1.82, 2.24) is 15.0 Å². The van der Waals surface area contributed by atoms with Gasteiger partial charge in [0, 0.05) is 20.2 Å². The molecule has 4 rings (SSSR count). The van der Waals surface area contributed by atoms with Gasteiger partial charge in [0.05, 0.1) is 26.4 Å². The number of ether oxygens (including phenoxy) is 3. The van der Waals surface area contributed by atoms with Crippen LogP contribution < -0.4 is 4.74 Å². The summed E-state index contributed by atoms with van der Waals surface area (Å²) < 4.78 is 21.5. The van der Waals surface area contributed by atoms with Gasteiger partial charge in [-0.1, -0.05) is 23.4 Å². The number of morpholine rings is 1. The molecule has 0 amide bonds. The van der Waals surface area contributed by atoms with Crippen LogP contribution in [0.4, 0.5) is 0 Å². The molecule has 1 aliphatic rings. The minimum atomic E-state index is 0.0237. The zero-order valence-electron chi connectivity index (χ0n) is 15.6. The van der Waals surface area contributed by atoms with Gasteiger partial charge < -0.3 is 18.7 Å². The first-order valence-corrected chi connectivity index (χ1v) is 8.97. The lowest BCUT2D eigenvalue weighted by atomic mass is 10.0. The van der Waals surface area contributed by atoms with E-state index in [1.807, 2.05) is 12.1 Å². The Morgan fingerprint density at radius 3 is 2.85 bits per heavy atom. The first-order chi connectivity index (χ1) is 13.2. The van der Waals surface area contributed by atoms with Gasteiger partial charge >= 0.3 is 0 Å². The van der Waals surface area contributed by atoms with Gasteiger partial charge in [-0.2, -0.15) is 4.98 Å². The Morgan fingerprint density at radius 1 is 1.15 bits per heavy atom. The molecule has 0 radical (unpaired) electrons. The lowest BCUT2D eigenvalue weighted by molar-refractivity contribution is -0.0337. The van der Waals surface area contributed by atoms with Crippen LogP contribution in [-0.4, -0.2) is 49.0 Å². The lowest BCUT2D eigenvalue weighted by Crippen LogP contribution is -2.38. The Kier molecular flexibility index (Phi) is 5.33. The van der Waals surface area contributed by atoms with E-state index in [1.165, 1.54) is 10.9 Å². The average Bonchev–Trinajstić information content (AvgIpc) is 3.14. The summed E-state index contributed by atoms with van der Waals surface area (Å²) in [5.74, 6) is 2.04. The maximum absolute atomic E-state index is 6.02. The molecule has 1 atom stereocenters. The molecule has 2 aromatic carbocycles. The highest BCUT2D eigenvalue weighted by molar-refractivity contribution is 5.84. The van der Waals surface area contributed by atoms with E-state index in [2.05, 4.69) is 39.3 Å². The number of methoxy groups -OCH3 is 2. The summed E-state index contributed by atoms with van der Waals surface area (Å²) in [6.07, 6.45) is 0.0237. The van der Waals surface area contributed by atoms with Crippen LogP contribution in [0.5, 0.6) is 5.75 Å². The second-order valence-electron chi connectivity index (χ2n) is 6.60. The van der Waals surface area contributed by atoms with E-state index in [4.69, 9.17) is 18.7 Å². The SMILES string of the molecule is COCc1nc(CN2CCOC(c3ccc4cc(OC)ccc4c3)C2)no1. The number of benzene rings is 2. The van der Waals surface area contributed by atoms with E-state index in [0.717, 1.165) is 24.2 Å². The molecule has 0 saturated carbocycles. The van der Waals surface area contributed by atoms with Gasteiger partial charge in [0.25, 0.3) is 5.89 Å². The Bertz CT molecular complexity index is 911. The van der Waals surface area contributed by atoms with Crippen LogP contribution in [0.15, 0.2) is 40.9 Å². The molecule has 1 saturated heterocycles. The van der Waals surface area contributed by atoms with E-state index in [9.17, 15) is 0 Å². The third-order valence-corrected chi connectivity index (χ3v) is 4.74. The number of rotatable bonds is 6. The van der Waals surface area contributed by atoms with Crippen LogP contribution in [-0.2, 0) is 22.6 Å². The van der Waals surface area contributed by atoms with Gasteiger partial charge in [-0.3, -0.25) is 4.90 Å². The molecule has 1 aromatic heterocycles. The zero-order valence-corrected chi connectivity index (χ0v) is 15.6. The Hall–Kier alpha value is -2.48. The molecule has 1 fully saturated rings. The quantitative estimate of drug-likeness (QED) is 0.661. The summed E-state index contributed by atoms with van der Waals surface area (Å²) in [5.41, 5.74) is 1.17. The van der Waals surface area contributed by atoms with E-state index < -0.39 is 0 Å². The van der Waals surface area contributed by atoms with Crippen LogP contribution in [0, 0.1) is 0 Å². The molecular weight excluding hydrogens is 346 g/mol. The van der Waals surface area contributed by atoms with Gasteiger partial charge in [0.2, 0.25) is 0 Å². The molecule has 2 heterocycles. The summed E-state index contributed by atoms with van der Waals surface area (Å²) >= 11 is 0. The maximum Gasteiger partial charge on any atom is 0.252 e. The zero-order chi connectivity index (χ0) is 18.6. The molecule has 0 bridgehead atoms. The fourth-order valence-electron chi connectivity index (χ4n) is 3.35. The molecule has 27 heavy (non-hydrogen) atoms. The fourth-order valence-corrected chi connectivity index (χ4v) is 3.35. The molecule has 0 aliphatic carbocycles. The van der Waals surface area contributed by atoms with E-state index in [-0.39, 0.29) is 6.10 Å². The Morgan fingerprint density at radius 2 is 2.00 bits per heavy atom. The summed E-state index contributed by atoms with van der Waals surface area (Å²) in [6, 6.07) is 12.5. The fraction of sp³-hybridized carbons (Fsp3) is 0.400. The average molecular weight is 369 g/mol. The molecule has 0 N–H and O–H groups in total. The number of nitrogens with zero attached hydrogens (tertiary/aromatic N) is 3. The van der Waals surface area contributed by atoms with Crippen molar-refractivity contribution in [2.45, 2.75) is 19.3 Å². The van der Waals surface area contributed by atoms with Crippen molar-refractivity contribution in [2.75, 3.05) is 33.9 Å². The molecule has 7 nitrogen and oxygen atoms in total. The van der Waals surface area contributed by atoms with E-state index >= 15 is 0 Å². The highest BCUT2D eigenvalue weighted by Gasteiger charge is 2.23. The predicted molar refractivity (Wildman–Crippen MR) is 99.5 cm³/mol. The third kappa shape index (κ3) is 4.10. The standard InChI is InChI=1S/C20H23N3O4/c1-24-13-20-21-19(22-27-20)12-23-7-8-26-18(11-23)16-4-3-15-10-17(25-2)6-5-14(15)9-16/h3-6,9-10,18H,7-8,11-13H2,1-2H3. The van der Waals surface area contributed by atoms with Gasteiger partial charge in [-0.05, 0) is 34.5 Å². The lowest BCUT2D eigenvalue weighted by Gasteiger charge is -2.32. The number of hydrogen-bond acceptors (Lipinski definition) is 7. The largest absolute Gasteiger partial charge is 0.497 e. The number of aromatic nitrogens is 2. The molecule has 7 heteroatoms. The molecule has 1 unspecified atom stereocenters. The Labute approximate surface area is 157 Å². The van der Waals surface area contributed by atoms with Crippen LogP contribution in [0.1, 0.15) is 23.4 Å². The molecule has 1 aliphatic heterocycles. The van der Waals surface area contributed by atoms with Crippen molar-refractivity contribution in [3.63, 3.8) is 0 Å². The van der Waals surface area contributed by atoms with Crippen molar-refractivity contribution >= 4 is 10.8 Å². The summed E-state index contributed by atoms with van der Waals surface area (Å²) in [4.78, 5) is 6.64. The molecule has 3 aromatic rings. The first kappa shape index (κ1) is 17.9. The van der Waals surface area contributed by atoms with Gasteiger partial charge in [-0.25, -0.2) is 0 Å². The van der Waals surface area contributed by atoms with Crippen molar-refractivity contribution < 1.29 is 18.7 Å². The summed E-state index contributed by atoms with van der Waals surface area (Å²) in [5, 5.41) is 6.36.